The van der Waals surface area contributed by atoms with Crippen molar-refractivity contribution in [2.24, 2.45) is 0 Å². The zero-order valence-corrected chi connectivity index (χ0v) is 17.7. The van der Waals surface area contributed by atoms with Gasteiger partial charge in [0.15, 0.2) is 11.6 Å². The zero-order chi connectivity index (χ0) is 22.7. The Balaban J connectivity index is 1.26. The van der Waals surface area contributed by atoms with Crippen LogP contribution in [0.2, 0.25) is 0 Å². The quantitative estimate of drug-likeness (QED) is 0.547. The number of nitrogens with one attached hydrogen (secondary N) is 1. The molecule has 4 rings (SSSR count). The van der Waals surface area contributed by atoms with Crippen LogP contribution in [0.1, 0.15) is 24.8 Å². The summed E-state index contributed by atoms with van der Waals surface area (Å²) in [6.07, 6.45) is 2.67. The molecule has 0 aromatic heterocycles. The summed E-state index contributed by atoms with van der Waals surface area (Å²) in [6.45, 7) is 3.13. The molecule has 1 atom stereocenters. The van der Waals surface area contributed by atoms with Gasteiger partial charge in [0.1, 0.15) is 5.69 Å². The van der Waals surface area contributed by atoms with Crippen LogP contribution < -0.4 is 10.2 Å². The molecule has 32 heavy (non-hydrogen) atoms. The topological polar surface area (TPSA) is 78.7 Å². The monoisotopic (exact) mass is 444 g/mol. The van der Waals surface area contributed by atoms with Gasteiger partial charge < -0.3 is 10.2 Å². The lowest BCUT2D eigenvalue weighted by Crippen LogP contribution is -2.46. The number of anilines is 1. The summed E-state index contributed by atoms with van der Waals surface area (Å²) in [4.78, 5) is 27.7. The Hall–Kier alpha value is -3.07. The second kappa shape index (κ2) is 9.60. The highest BCUT2D eigenvalue weighted by Gasteiger charge is 2.32. The third-order valence-corrected chi connectivity index (χ3v) is 6.33. The number of rotatable bonds is 6. The van der Waals surface area contributed by atoms with Gasteiger partial charge in [-0.2, -0.15) is 0 Å². The summed E-state index contributed by atoms with van der Waals surface area (Å²) >= 11 is 0. The molecule has 7 nitrogen and oxygen atoms in total. The van der Waals surface area contributed by atoms with Crippen LogP contribution in [-0.2, 0) is 11.2 Å². The minimum absolute atomic E-state index is 0.0158. The van der Waals surface area contributed by atoms with E-state index in [0.717, 1.165) is 57.6 Å². The first-order valence-electron chi connectivity index (χ1n) is 10.9. The lowest BCUT2D eigenvalue weighted by atomic mass is 10.0. The highest BCUT2D eigenvalue weighted by atomic mass is 19.2. The molecule has 0 radical (unpaired) electrons. The van der Waals surface area contributed by atoms with E-state index in [9.17, 15) is 23.7 Å². The number of likely N-dealkylation sites (tertiary alicyclic amines) is 1. The van der Waals surface area contributed by atoms with Gasteiger partial charge in [0, 0.05) is 44.3 Å². The summed E-state index contributed by atoms with van der Waals surface area (Å²) in [5.74, 6) is -2.07. The molecule has 1 unspecified atom stereocenters. The number of halogens is 2. The highest BCUT2D eigenvalue weighted by Crippen LogP contribution is 2.31. The number of benzene rings is 2. The fraction of sp³-hybridized carbons (Fsp3) is 0.435. The average molecular weight is 444 g/mol. The number of piperidine rings is 1. The van der Waals surface area contributed by atoms with E-state index in [-0.39, 0.29) is 29.0 Å². The van der Waals surface area contributed by atoms with E-state index in [1.165, 1.54) is 12.1 Å². The summed E-state index contributed by atoms with van der Waals surface area (Å²) in [7, 11) is 0. The average Bonchev–Trinajstić information content (AvgIpc) is 3.24. The number of hydrogen-bond donors (Lipinski definition) is 1. The Kier molecular flexibility index (Phi) is 6.64. The van der Waals surface area contributed by atoms with Crippen molar-refractivity contribution >= 4 is 17.3 Å². The van der Waals surface area contributed by atoms with Gasteiger partial charge in [-0.1, -0.05) is 18.2 Å². The SMILES string of the molecule is O=C(Cc1ccc(F)c(F)c1)NC1CCN(C2CCN(c3ccccc3[N+](=O)[O-])CC2)C1. The van der Waals surface area contributed by atoms with E-state index < -0.39 is 11.6 Å². The first-order chi connectivity index (χ1) is 15.4. The van der Waals surface area contributed by atoms with Crippen molar-refractivity contribution in [3.63, 3.8) is 0 Å². The second-order valence-corrected chi connectivity index (χ2v) is 8.44. The van der Waals surface area contributed by atoms with Gasteiger partial charge in [-0.3, -0.25) is 19.8 Å². The van der Waals surface area contributed by atoms with E-state index in [4.69, 9.17) is 0 Å². The van der Waals surface area contributed by atoms with Gasteiger partial charge >= 0.3 is 0 Å². The minimum Gasteiger partial charge on any atom is -0.366 e. The maximum Gasteiger partial charge on any atom is 0.292 e. The number of carbonyl (C=O) groups is 1. The smallest absolute Gasteiger partial charge is 0.292 e. The Bertz CT molecular complexity index is 995. The van der Waals surface area contributed by atoms with Crippen molar-refractivity contribution in [3.8, 4) is 0 Å². The molecule has 2 aliphatic heterocycles. The normalized spacial score (nSPS) is 19.8. The highest BCUT2D eigenvalue weighted by molar-refractivity contribution is 5.78. The third-order valence-electron chi connectivity index (χ3n) is 6.33. The molecule has 0 spiro atoms. The largest absolute Gasteiger partial charge is 0.366 e. The molecule has 2 aliphatic rings. The summed E-state index contributed by atoms with van der Waals surface area (Å²) < 4.78 is 26.4. The van der Waals surface area contributed by atoms with E-state index in [1.807, 2.05) is 6.07 Å². The lowest BCUT2D eigenvalue weighted by Gasteiger charge is -2.37. The van der Waals surface area contributed by atoms with Crippen molar-refractivity contribution < 1.29 is 18.5 Å². The molecular formula is C23H26F2N4O3. The molecule has 0 bridgehead atoms. The molecule has 2 aromatic carbocycles. The zero-order valence-electron chi connectivity index (χ0n) is 17.7. The van der Waals surface area contributed by atoms with Crippen LogP contribution in [0.5, 0.6) is 0 Å². The van der Waals surface area contributed by atoms with Crippen molar-refractivity contribution in [1.29, 1.82) is 0 Å². The Morgan fingerprint density at radius 3 is 2.53 bits per heavy atom. The van der Waals surface area contributed by atoms with Crippen LogP contribution in [0, 0.1) is 21.7 Å². The fourth-order valence-electron chi connectivity index (χ4n) is 4.71. The predicted octanol–water partition coefficient (Wildman–Crippen LogP) is 3.28. The maximum absolute atomic E-state index is 13.3. The molecule has 170 valence electrons. The molecule has 1 N–H and O–H groups in total. The van der Waals surface area contributed by atoms with Crippen molar-refractivity contribution in [3.05, 3.63) is 69.8 Å². The lowest BCUT2D eigenvalue weighted by molar-refractivity contribution is -0.384. The van der Waals surface area contributed by atoms with Crippen LogP contribution in [0.25, 0.3) is 0 Å². The van der Waals surface area contributed by atoms with E-state index in [1.54, 1.807) is 12.1 Å². The van der Waals surface area contributed by atoms with Gasteiger partial charge in [-0.25, -0.2) is 8.78 Å². The van der Waals surface area contributed by atoms with Gasteiger partial charge in [0.05, 0.1) is 11.3 Å². The molecule has 0 aliphatic carbocycles. The Morgan fingerprint density at radius 2 is 1.81 bits per heavy atom. The van der Waals surface area contributed by atoms with E-state index >= 15 is 0 Å². The van der Waals surface area contributed by atoms with Crippen molar-refractivity contribution in [2.45, 2.75) is 37.8 Å². The van der Waals surface area contributed by atoms with Crippen molar-refractivity contribution in [2.75, 3.05) is 31.1 Å². The van der Waals surface area contributed by atoms with Crippen LogP contribution >= 0.6 is 0 Å². The third kappa shape index (κ3) is 5.04. The number of nitrogens with zero attached hydrogens (tertiary/aromatic N) is 3. The Labute approximate surface area is 185 Å². The number of nitro groups is 1. The number of amides is 1. The molecule has 9 heteroatoms. The predicted molar refractivity (Wildman–Crippen MR) is 117 cm³/mol. The van der Waals surface area contributed by atoms with E-state index in [0.29, 0.717) is 17.3 Å². The maximum atomic E-state index is 13.3. The van der Waals surface area contributed by atoms with Crippen LogP contribution in [0.3, 0.4) is 0 Å². The summed E-state index contributed by atoms with van der Waals surface area (Å²) in [5, 5.41) is 14.3. The molecule has 2 aromatic rings. The number of nitro benzene ring substituents is 1. The first kappa shape index (κ1) is 22.1. The van der Waals surface area contributed by atoms with Crippen LogP contribution in [0.15, 0.2) is 42.5 Å². The summed E-state index contributed by atoms with van der Waals surface area (Å²) in [6, 6.07) is 10.8. The molecule has 0 saturated carbocycles. The molecule has 1 amide bonds. The molecule has 2 saturated heterocycles. The number of para-hydroxylation sites is 2. The minimum atomic E-state index is -0.950. The summed E-state index contributed by atoms with van der Waals surface area (Å²) in [5.41, 5.74) is 1.24. The first-order valence-corrected chi connectivity index (χ1v) is 10.9. The molecule has 2 fully saturated rings. The number of hydrogen-bond acceptors (Lipinski definition) is 5. The van der Waals surface area contributed by atoms with Crippen LogP contribution in [0.4, 0.5) is 20.2 Å². The van der Waals surface area contributed by atoms with Gasteiger partial charge in [0.25, 0.3) is 5.69 Å². The van der Waals surface area contributed by atoms with Gasteiger partial charge in [-0.15, -0.1) is 0 Å². The fourth-order valence-corrected chi connectivity index (χ4v) is 4.71. The second-order valence-electron chi connectivity index (χ2n) is 8.44. The van der Waals surface area contributed by atoms with Crippen molar-refractivity contribution in [1.82, 2.24) is 10.2 Å². The molecule has 2 heterocycles. The number of carbonyl (C=O) groups excluding carboxylic acids is 1. The Morgan fingerprint density at radius 1 is 1.06 bits per heavy atom. The van der Waals surface area contributed by atoms with Gasteiger partial charge in [0.2, 0.25) is 5.91 Å². The molecular weight excluding hydrogens is 418 g/mol. The van der Waals surface area contributed by atoms with Crippen LogP contribution in [-0.4, -0.2) is 54.0 Å². The van der Waals surface area contributed by atoms with E-state index in [2.05, 4.69) is 15.1 Å². The van der Waals surface area contributed by atoms with Gasteiger partial charge in [-0.05, 0) is 43.0 Å². The standard InChI is InChI=1S/C23H26F2N4O3/c24-19-6-5-16(13-20(19)25)14-23(30)26-17-7-10-28(15-17)18-8-11-27(12-9-18)21-3-1-2-4-22(21)29(31)32/h1-6,13,17-18H,7-12,14-15H2,(H,26,30).